The van der Waals surface area contributed by atoms with Gasteiger partial charge in [-0.1, -0.05) is 43.0 Å². The highest BCUT2D eigenvalue weighted by Gasteiger charge is 2.00. The lowest BCUT2D eigenvalue weighted by Gasteiger charge is -2.05. The number of carbonyl (C=O) groups is 1. The molecule has 1 aromatic carbocycles. The van der Waals surface area contributed by atoms with Crippen molar-refractivity contribution in [3.05, 3.63) is 54.1 Å². The van der Waals surface area contributed by atoms with E-state index in [0.29, 0.717) is 13.0 Å². The number of carbonyl (C=O) groups excluding carboxylic acids is 1. The molecule has 0 aliphatic carbocycles. The van der Waals surface area contributed by atoms with Crippen LogP contribution < -0.4 is 0 Å². The predicted octanol–water partition coefficient (Wildman–Crippen LogP) is 2.99. The Balaban J connectivity index is 2.48. The Hall–Kier alpha value is -1.83. The molecule has 84 valence electrons. The van der Waals surface area contributed by atoms with Crippen molar-refractivity contribution in [2.24, 2.45) is 0 Å². The predicted molar refractivity (Wildman–Crippen MR) is 66.0 cm³/mol. The summed E-state index contributed by atoms with van der Waals surface area (Å²) in [4.78, 5) is 11.1. The minimum atomic E-state index is -0.293. The van der Waals surface area contributed by atoms with E-state index in [1.165, 1.54) is 6.08 Å². The fraction of sp³-hybridized carbons (Fsp3) is 0.214. The second-order valence-corrected chi connectivity index (χ2v) is 3.32. The van der Waals surface area contributed by atoms with E-state index in [2.05, 4.69) is 6.58 Å². The molecule has 0 amide bonds. The summed E-state index contributed by atoms with van der Waals surface area (Å²) >= 11 is 0. The van der Waals surface area contributed by atoms with E-state index in [1.54, 1.807) is 13.0 Å². The molecule has 16 heavy (non-hydrogen) atoms. The molecule has 0 saturated heterocycles. The number of rotatable bonds is 5. The van der Waals surface area contributed by atoms with Crippen LogP contribution in [0.4, 0.5) is 0 Å². The average molecular weight is 216 g/mol. The molecular weight excluding hydrogens is 200 g/mol. The minimum absolute atomic E-state index is 0.293. The number of allylic oxidation sites excluding steroid dienone is 1. The second-order valence-electron chi connectivity index (χ2n) is 3.32. The van der Waals surface area contributed by atoms with Gasteiger partial charge in [-0.3, -0.25) is 0 Å². The third-order valence-electron chi connectivity index (χ3n) is 2.19. The monoisotopic (exact) mass is 216 g/mol. The van der Waals surface area contributed by atoms with Crippen molar-refractivity contribution >= 4 is 12.0 Å². The van der Waals surface area contributed by atoms with E-state index >= 15 is 0 Å². The van der Waals surface area contributed by atoms with Crippen LogP contribution in [0.5, 0.6) is 0 Å². The molecule has 0 spiro atoms. The molecular formula is C14H16O2. The highest BCUT2D eigenvalue weighted by Crippen LogP contribution is 2.10. The molecule has 1 rings (SSSR count). The number of hydrogen-bond donors (Lipinski definition) is 0. The van der Waals surface area contributed by atoms with Crippen LogP contribution in [-0.4, -0.2) is 12.6 Å². The Morgan fingerprint density at radius 1 is 1.44 bits per heavy atom. The zero-order chi connectivity index (χ0) is 11.8. The van der Waals surface area contributed by atoms with Crippen molar-refractivity contribution in [3.63, 3.8) is 0 Å². The molecule has 0 atom stereocenters. The molecule has 0 bridgehead atoms. The molecule has 0 aliphatic heterocycles. The normalized spacial score (nSPS) is 10.3. The number of benzene rings is 1. The molecule has 0 unspecified atom stereocenters. The molecule has 0 aromatic heterocycles. The maximum atomic E-state index is 11.1. The highest BCUT2D eigenvalue weighted by molar-refractivity contribution is 5.81. The number of esters is 1. The van der Waals surface area contributed by atoms with Gasteiger partial charge in [0, 0.05) is 12.5 Å². The first-order valence-corrected chi connectivity index (χ1v) is 5.27. The third kappa shape index (κ3) is 3.73. The van der Waals surface area contributed by atoms with Gasteiger partial charge >= 0.3 is 5.97 Å². The van der Waals surface area contributed by atoms with Crippen LogP contribution in [0.15, 0.2) is 43.0 Å². The van der Waals surface area contributed by atoms with Crippen LogP contribution in [0.1, 0.15) is 18.1 Å². The van der Waals surface area contributed by atoms with Crippen LogP contribution in [-0.2, 0) is 16.0 Å². The van der Waals surface area contributed by atoms with Gasteiger partial charge in [0.15, 0.2) is 0 Å². The Morgan fingerprint density at radius 2 is 2.19 bits per heavy atom. The van der Waals surface area contributed by atoms with E-state index in [9.17, 15) is 4.79 Å². The summed E-state index contributed by atoms with van der Waals surface area (Å²) in [6, 6.07) is 7.94. The van der Waals surface area contributed by atoms with Crippen LogP contribution >= 0.6 is 0 Å². The van der Waals surface area contributed by atoms with Gasteiger partial charge in [-0.2, -0.15) is 0 Å². The Labute approximate surface area is 96.2 Å². The second kappa shape index (κ2) is 6.62. The fourth-order valence-electron chi connectivity index (χ4n) is 1.41. The lowest BCUT2D eigenvalue weighted by Crippen LogP contribution is -2.05. The molecule has 0 radical (unpaired) electrons. The quantitative estimate of drug-likeness (QED) is 0.558. The summed E-state index contributed by atoms with van der Waals surface area (Å²) in [7, 11) is 0. The first-order chi connectivity index (χ1) is 7.77. The SMILES string of the molecule is C=Cc1ccccc1CCOC(=O)/C=C/C. The summed E-state index contributed by atoms with van der Waals surface area (Å²) in [5.74, 6) is -0.293. The van der Waals surface area contributed by atoms with Gasteiger partial charge in [-0.05, 0) is 18.1 Å². The van der Waals surface area contributed by atoms with Crippen molar-refractivity contribution < 1.29 is 9.53 Å². The first kappa shape index (κ1) is 12.2. The van der Waals surface area contributed by atoms with Gasteiger partial charge in [0.2, 0.25) is 0 Å². The van der Waals surface area contributed by atoms with Crippen LogP contribution in [0.3, 0.4) is 0 Å². The standard InChI is InChI=1S/C14H16O2/c1-3-7-14(15)16-11-10-13-9-6-5-8-12(13)4-2/h3-9H,2,10-11H2,1H3/b7-3+. The van der Waals surface area contributed by atoms with Crippen LogP contribution in [0.25, 0.3) is 6.08 Å². The Kier molecular flexibility index (Phi) is 5.06. The minimum Gasteiger partial charge on any atom is -0.462 e. The van der Waals surface area contributed by atoms with Crippen molar-refractivity contribution in [1.29, 1.82) is 0 Å². The van der Waals surface area contributed by atoms with E-state index in [4.69, 9.17) is 4.74 Å². The van der Waals surface area contributed by atoms with Gasteiger partial charge in [0.25, 0.3) is 0 Å². The Morgan fingerprint density at radius 3 is 2.88 bits per heavy atom. The van der Waals surface area contributed by atoms with E-state index in [1.807, 2.05) is 30.3 Å². The first-order valence-electron chi connectivity index (χ1n) is 5.27. The van der Waals surface area contributed by atoms with Crippen LogP contribution in [0, 0.1) is 0 Å². The number of hydrogen-bond acceptors (Lipinski definition) is 2. The summed E-state index contributed by atoms with van der Waals surface area (Å²) in [6.45, 7) is 5.93. The fourth-order valence-corrected chi connectivity index (χ4v) is 1.41. The van der Waals surface area contributed by atoms with Gasteiger partial charge in [-0.15, -0.1) is 0 Å². The Bertz CT molecular complexity index is 391. The maximum Gasteiger partial charge on any atom is 0.330 e. The average Bonchev–Trinajstić information content (AvgIpc) is 2.30. The summed E-state index contributed by atoms with van der Waals surface area (Å²) < 4.78 is 5.03. The molecule has 0 fully saturated rings. The molecule has 2 heteroatoms. The van der Waals surface area contributed by atoms with Crippen LogP contribution in [0.2, 0.25) is 0 Å². The molecule has 0 saturated carbocycles. The lowest BCUT2D eigenvalue weighted by atomic mass is 10.1. The molecule has 0 aliphatic rings. The van der Waals surface area contributed by atoms with Gasteiger partial charge in [-0.25, -0.2) is 4.79 Å². The molecule has 1 aromatic rings. The topological polar surface area (TPSA) is 26.3 Å². The van der Waals surface area contributed by atoms with Gasteiger partial charge < -0.3 is 4.74 Å². The van der Waals surface area contributed by atoms with E-state index in [-0.39, 0.29) is 5.97 Å². The third-order valence-corrected chi connectivity index (χ3v) is 2.19. The maximum absolute atomic E-state index is 11.1. The van der Waals surface area contributed by atoms with Crippen molar-refractivity contribution in [2.45, 2.75) is 13.3 Å². The molecule has 2 nitrogen and oxygen atoms in total. The summed E-state index contributed by atoms with van der Waals surface area (Å²) in [6.07, 6.45) is 5.61. The smallest absolute Gasteiger partial charge is 0.330 e. The molecule has 0 heterocycles. The summed E-state index contributed by atoms with van der Waals surface area (Å²) in [5, 5.41) is 0. The zero-order valence-corrected chi connectivity index (χ0v) is 9.48. The molecule has 0 N–H and O–H groups in total. The largest absolute Gasteiger partial charge is 0.462 e. The summed E-state index contributed by atoms with van der Waals surface area (Å²) in [5.41, 5.74) is 2.23. The highest BCUT2D eigenvalue weighted by atomic mass is 16.5. The zero-order valence-electron chi connectivity index (χ0n) is 9.48. The van der Waals surface area contributed by atoms with Crippen molar-refractivity contribution in [3.8, 4) is 0 Å². The van der Waals surface area contributed by atoms with E-state index in [0.717, 1.165) is 11.1 Å². The lowest BCUT2D eigenvalue weighted by molar-refractivity contribution is -0.137. The number of ether oxygens (including phenoxy) is 1. The van der Waals surface area contributed by atoms with Crippen molar-refractivity contribution in [2.75, 3.05) is 6.61 Å². The van der Waals surface area contributed by atoms with Gasteiger partial charge in [0.1, 0.15) is 0 Å². The van der Waals surface area contributed by atoms with Crippen molar-refractivity contribution in [1.82, 2.24) is 0 Å². The van der Waals surface area contributed by atoms with E-state index < -0.39 is 0 Å². The van der Waals surface area contributed by atoms with Gasteiger partial charge in [0.05, 0.1) is 6.61 Å².